The number of pyridine rings is 1. The number of likely N-dealkylation sites (tertiary alicyclic amines) is 1. The summed E-state index contributed by atoms with van der Waals surface area (Å²) in [6, 6.07) is 13.0. The fourth-order valence-corrected chi connectivity index (χ4v) is 5.88. The molecule has 5 rings (SSSR count). The van der Waals surface area contributed by atoms with Crippen LogP contribution in [0, 0.1) is 5.92 Å². The fourth-order valence-electron chi connectivity index (χ4n) is 5.88. The van der Waals surface area contributed by atoms with E-state index in [0.717, 1.165) is 83.0 Å². The number of nitrogens with zero attached hydrogens (tertiary/aromatic N) is 3. The maximum atomic E-state index is 11.7. The molecular weight excluding hydrogens is 438 g/mol. The van der Waals surface area contributed by atoms with Gasteiger partial charge in [-0.2, -0.15) is 0 Å². The van der Waals surface area contributed by atoms with E-state index in [4.69, 9.17) is 4.98 Å². The van der Waals surface area contributed by atoms with Crippen LogP contribution < -0.4 is 15.5 Å². The van der Waals surface area contributed by atoms with Crippen LogP contribution in [0.4, 0.5) is 11.5 Å². The molecule has 0 unspecified atom stereocenters. The Bertz CT molecular complexity index is 1010. The topological polar surface area (TPSA) is 80.7 Å². The van der Waals surface area contributed by atoms with Gasteiger partial charge in [0.05, 0.1) is 6.42 Å². The summed E-state index contributed by atoms with van der Waals surface area (Å²) in [6.07, 6.45) is 5.84. The van der Waals surface area contributed by atoms with E-state index in [9.17, 15) is 9.90 Å². The summed E-state index contributed by atoms with van der Waals surface area (Å²) in [5.41, 5.74) is 4.89. The largest absolute Gasteiger partial charge is 0.481 e. The third kappa shape index (κ3) is 6.33. The predicted molar refractivity (Wildman–Crippen MR) is 140 cm³/mol. The molecule has 7 heteroatoms. The lowest BCUT2D eigenvalue weighted by molar-refractivity contribution is -0.137. The Morgan fingerprint density at radius 2 is 2.03 bits per heavy atom. The zero-order chi connectivity index (χ0) is 24.0. The van der Waals surface area contributed by atoms with Gasteiger partial charge in [0.15, 0.2) is 0 Å². The molecule has 0 aliphatic carbocycles. The predicted octanol–water partition coefficient (Wildman–Crippen LogP) is 3.36. The molecule has 2 atom stereocenters. The fraction of sp³-hybridized carbons (Fsp3) is 0.571. The molecule has 188 valence electrons. The van der Waals surface area contributed by atoms with Gasteiger partial charge in [0.1, 0.15) is 5.82 Å². The quantitative estimate of drug-likeness (QED) is 0.511. The van der Waals surface area contributed by atoms with Crippen molar-refractivity contribution in [2.75, 3.05) is 62.6 Å². The third-order valence-corrected chi connectivity index (χ3v) is 7.85. The summed E-state index contributed by atoms with van der Waals surface area (Å²) in [4.78, 5) is 21.5. The van der Waals surface area contributed by atoms with Crippen molar-refractivity contribution in [3.8, 4) is 0 Å². The van der Waals surface area contributed by atoms with Crippen LogP contribution in [-0.4, -0.2) is 73.3 Å². The zero-order valence-electron chi connectivity index (χ0n) is 20.7. The molecule has 7 nitrogen and oxygen atoms in total. The number of fused-ring (bicyclic) bond motifs is 1. The molecule has 0 radical (unpaired) electrons. The Morgan fingerprint density at radius 3 is 2.89 bits per heavy atom. The van der Waals surface area contributed by atoms with Gasteiger partial charge in [-0.15, -0.1) is 0 Å². The number of piperazine rings is 1. The lowest BCUT2D eigenvalue weighted by Crippen LogP contribution is -2.43. The number of carboxylic acids is 1. The van der Waals surface area contributed by atoms with Gasteiger partial charge in [0.2, 0.25) is 0 Å². The van der Waals surface area contributed by atoms with Gasteiger partial charge >= 0.3 is 5.97 Å². The van der Waals surface area contributed by atoms with Crippen molar-refractivity contribution in [1.29, 1.82) is 0 Å². The van der Waals surface area contributed by atoms with Gasteiger partial charge in [0.25, 0.3) is 0 Å². The van der Waals surface area contributed by atoms with Gasteiger partial charge < -0.3 is 25.5 Å². The number of aromatic nitrogens is 1. The Hall–Kier alpha value is -2.64. The summed E-state index contributed by atoms with van der Waals surface area (Å²) in [6.45, 7) is 7.93. The average molecular weight is 478 g/mol. The van der Waals surface area contributed by atoms with Crippen LogP contribution in [0.25, 0.3) is 0 Å². The van der Waals surface area contributed by atoms with E-state index >= 15 is 0 Å². The van der Waals surface area contributed by atoms with Gasteiger partial charge in [-0.25, -0.2) is 4.98 Å². The summed E-state index contributed by atoms with van der Waals surface area (Å²) in [5.74, 6) is 1.03. The number of hydrogen-bond donors (Lipinski definition) is 3. The van der Waals surface area contributed by atoms with Crippen LogP contribution >= 0.6 is 0 Å². The number of carboxylic acid groups (broad SMARTS) is 1. The molecule has 4 heterocycles. The lowest BCUT2D eigenvalue weighted by Gasteiger charge is -2.30. The maximum absolute atomic E-state index is 11.7. The standard InChI is InChI=1S/C28H39N5O2/c34-27(35)18-24(23-3-1-5-26(17-23)33-15-12-29-13-16-33)20-32-14-10-21(19-32)6-8-25-9-7-22-4-2-11-30-28(22)31-25/h1,3,5,7,9,17,21,24,29H,2,4,6,8,10-16,18-20H2,(H,30,31)(H,34,35)/t21-,24-/m1/s1. The van der Waals surface area contributed by atoms with Gasteiger partial charge in [-0.05, 0) is 73.9 Å². The van der Waals surface area contributed by atoms with Crippen molar-refractivity contribution >= 4 is 17.5 Å². The van der Waals surface area contributed by atoms with Crippen LogP contribution in [0.1, 0.15) is 48.4 Å². The van der Waals surface area contributed by atoms with Crippen molar-refractivity contribution in [3.05, 3.63) is 53.2 Å². The number of nitrogens with one attached hydrogen (secondary N) is 2. The highest BCUT2D eigenvalue weighted by Crippen LogP contribution is 2.29. The smallest absolute Gasteiger partial charge is 0.304 e. The summed E-state index contributed by atoms with van der Waals surface area (Å²) in [5, 5.41) is 16.5. The molecular formula is C28H39N5O2. The van der Waals surface area contributed by atoms with E-state index in [-0.39, 0.29) is 12.3 Å². The number of anilines is 2. The molecule has 1 aromatic carbocycles. The Balaban J connectivity index is 1.17. The maximum Gasteiger partial charge on any atom is 0.304 e. The van der Waals surface area contributed by atoms with Crippen LogP contribution in [-0.2, 0) is 17.6 Å². The van der Waals surface area contributed by atoms with Crippen molar-refractivity contribution in [2.24, 2.45) is 5.92 Å². The molecule has 1 aromatic heterocycles. The molecule has 0 spiro atoms. The summed E-state index contributed by atoms with van der Waals surface area (Å²) >= 11 is 0. The minimum absolute atomic E-state index is 0.0162. The SMILES string of the molecule is O=C(O)C[C@H](CN1CC[C@@H](CCc2ccc3c(n2)NCCC3)C1)c1cccc(N2CCNCC2)c1. The number of rotatable bonds is 9. The molecule has 0 amide bonds. The van der Waals surface area contributed by atoms with Crippen molar-refractivity contribution < 1.29 is 9.90 Å². The molecule has 3 aliphatic rings. The Morgan fingerprint density at radius 1 is 1.14 bits per heavy atom. The molecule has 0 bridgehead atoms. The second-order valence-corrected chi connectivity index (χ2v) is 10.4. The van der Waals surface area contributed by atoms with E-state index in [1.165, 1.54) is 29.8 Å². The number of aryl methyl sites for hydroxylation is 2. The first-order valence-corrected chi connectivity index (χ1v) is 13.4. The van der Waals surface area contributed by atoms with E-state index in [2.05, 4.69) is 56.8 Å². The van der Waals surface area contributed by atoms with Crippen LogP contribution in [0.5, 0.6) is 0 Å². The van der Waals surface area contributed by atoms with E-state index < -0.39 is 5.97 Å². The first-order valence-electron chi connectivity index (χ1n) is 13.4. The van der Waals surface area contributed by atoms with E-state index in [1.54, 1.807) is 0 Å². The Kier molecular flexibility index (Phi) is 7.84. The molecule has 2 fully saturated rings. The minimum Gasteiger partial charge on any atom is -0.481 e. The van der Waals surface area contributed by atoms with Crippen LogP contribution in [0.2, 0.25) is 0 Å². The van der Waals surface area contributed by atoms with Crippen LogP contribution in [0.3, 0.4) is 0 Å². The Labute approximate surface area is 208 Å². The number of carbonyl (C=O) groups is 1. The lowest BCUT2D eigenvalue weighted by atomic mass is 9.94. The van der Waals surface area contributed by atoms with Gasteiger partial charge in [0, 0.05) is 63.1 Å². The molecule has 2 aromatic rings. The number of aliphatic carboxylic acids is 1. The highest BCUT2D eigenvalue weighted by molar-refractivity contribution is 5.68. The van der Waals surface area contributed by atoms with Gasteiger partial charge in [-0.3, -0.25) is 4.79 Å². The molecule has 2 saturated heterocycles. The van der Waals surface area contributed by atoms with Crippen molar-refractivity contribution in [3.63, 3.8) is 0 Å². The summed E-state index contributed by atoms with van der Waals surface area (Å²) in [7, 11) is 0. The number of hydrogen-bond acceptors (Lipinski definition) is 6. The number of benzene rings is 1. The normalized spacial score (nSPS) is 21.4. The monoisotopic (exact) mass is 477 g/mol. The minimum atomic E-state index is -0.717. The zero-order valence-corrected chi connectivity index (χ0v) is 20.7. The van der Waals surface area contributed by atoms with E-state index in [1.807, 2.05) is 0 Å². The second-order valence-electron chi connectivity index (χ2n) is 10.4. The molecule has 3 N–H and O–H groups in total. The first-order chi connectivity index (χ1) is 17.1. The first kappa shape index (κ1) is 24.1. The van der Waals surface area contributed by atoms with Crippen LogP contribution in [0.15, 0.2) is 36.4 Å². The van der Waals surface area contributed by atoms with Crippen molar-refractivity contribution in [1.82, 2.24) is 15.2 Å². The second kappa shape index (κ2) is 11.4. The third-order valence-electron chi connectivity index (χ3n) is 7.85. The van der Waals surface area contributed by atoms with E-state index in [0.29, 0.717) is 5.92 Å². The molecule has 0 saturated carbocycles. The summed E-state index contributed by atoms with van der Waals surface area (Å²) < 4.78 is 0. The highest BCUT2D eigenvalue weighted by atomic mass is 16.4. The molecule has 35 heavy (non-hydrogen) atoms. The molecule has 3 aliphatic heterocycles. The van der Waals surface area contributed by atoms with Crippen molar-refractivity contribution in [2.45, 2.75) is 44.4 Å². The van der Waals surface area contributed by atoms with Gasteiger partial charge in [-0.1, -0.05) is 18.2 Å². The highest BCUT2D eigenvalue weighted by Gasteiger charge is 2.27. The average Bonchev–Trinajstić information content (AvgIpc) is 3.34.